The third-order valence-electron chi connectivity index (χ3n) is 2.33. The number of benzene rings is 1. The summed E-state index contributed by atoms with van der Waals surface area (Å²) in [4.78, 5) is 4.25. The van der Waals surface area contributed by atoms with E-state index in [0.29, 0.717) is 6.79 Å². The molecule has 1 aromatic carbocycles. The van der Waals surface area contributed by atoms with E-state index in [9.17, 15) is 0 Å². The molecule has 0 unspecified atom stereocenters. The van der Waals surface area contributed by atoms with Crippen molar-refractivity contribution in [1.29, 1.82) is 0 Å². The van der Waals surface area contributed by atoms with E-state index in [2.05, 4.69) is 10.3 Å². The molecule has 0 fully saturated rings. The maximum absolute atomic E-state index is 5.30. The summed E-state index contributed by atoms with van der Waals surface area (Å²) in [5.41, 5.74) is 2.13. The normalized spacial score (nSPS) is 17.1. The zero-order valence-corrected chi connectivity index (χ0v) is 7.62. The molecule has 4 nitrogen and oxygen atoms in total. The highest BCUT2D eigenvalue weighted by Crippen LogP contribution is 2.36. The SMILES string of the molecule is C1=NCCNc2cc3c(cc21)OCO3. The van der Waals surface area contributed by atoms with Crippen LogP contribution in [0.15, 0.2) is 17.1 Å². The number of hydrogen-bond acceptors (Lipinski definition) is 4. The maximum Gasteiger partial charge on any atom is 0.231 e. The molecule has 72 valence electrons. The van der Waals surface area contributed by atoms with Gasteiger partial charge in [0, 0.05) is 30.1 Å². The average Bonchev–Trinajstić information content (AvgIpc) is 2.51. The summed E-state index contributed by atoms with van der Waals surface area (Å²) in [6.07, 6.45) is 1.87. The van der Waals surface area contributed by atoms with Gasteiger partial charge in [-0.05, 0) is 6.07 Å². The summed E-state index contributed by atoms with van der Waals surface area (Å²) in [5.74, 6) is 1.62. The van der Waals surface area contributed by atoms with Crippen LogP contribution < -0.4 is 14.8 Å². The minimum Gasteiger partial charge on any atom is -0.454 e. The summed E-state index contributed by atoms with van der Waals surface area (Å²) in [7, 11) is 0. The highest BCUT2D eigenvalue weighted by Gasteiger charge is 2.16. The van der Waals surface area contributed by atoms with Crippen LogP contribution >= 0.6 is 0 Å². The number of hydrogen-bond donors (Lipinski definition) is 1. The fourth-order valence-electron chi connectivity index (χ4n) is 1.64. The van der Waals surface area contributed by atoms with E-state index in [1.54, 1.807) is 0 Å². The molecule has 2 aliphatic heterocycles. The van der Waals surface area contributed by atoms with Gasteiger partial charge in [0.15, 0.2) is 11.5 Å². The fraction of sp³-hybridized carbons (Fsp3) is 0.300. The van der Waals surface area contributed by atoms with Crippen LogP contribution in [-0.2, 0) is 0 Å². The van der Waals surface area contributed by atoms with Gasteiger partial charge in [-0.15, -0.1) is 0 Å². The standard InChI is InChI=1S/C10H10N2O2/c1-2-12-8-4-10-9(13-6-14-10)3-7(8)5-11-1/h3-5,12H,1-2,6H2. The van der Waals surface area contributed by atoms with Crippen LogP contribution in [0.2, 0.25) is 0 Å². The zero-order valence-electron chi connectivity index (χ0n) is 7.62. The molecular formula is C10H10N2O2. The first-order valence-electron chi connectivity index (χ1n) is 4.61. The largest absolute Gasteiger partial charge is 0.454 e. The van der Waals surface area contributed by atoms with Crippen molar-refractivity contribution < 1.29 is 9.47 Å². The summed E-state index contributed by atoms with van der Waals surface area (Å²) < 4.78 is 10.6. The van der Waals surface area contributed by atoms with Gasteiger partial charge in [-0.2, -0.15) is 0 Å². The molecule has 0 amide bonds. The smallest absolute Gasteiger partial charge is 0.231 e. The first kappa shape index (κ1) is 7.67. The van der Waals surface area contributed by atoms with Gasteiger partial charge in [0.2, 0.25) is 6.79 Å². The Kier molecular flexibility index (Phi) is 1.59. The lowest BCUT2D eigenvalue weighted by molar-refractivity contribution is 0.174. The lowest BCUT2D eigenvalue weighted by Crippen LogP contribution is -2.03. The molecule has 2 heterocycles. The van der Waals surface area contributed by atoms with Gasteiger partial charge in [-0.1, -0.05) is 0 Å². The van der Waals surface area contributed by atoms with Crippen LogP contribution in [0.3, 0.4) is 0 Å². The molecule has 3 rings (SSSR count). The molecule has 4 heteroatoms. The highest BCUT2D eigenvalue weighted by atomic mass is 16.7. The van der Waals surface area contributed by atoms with Crippen molar-refractivity contribution in [1.82, 2.24) is 0 Å². The van der Waals surface area contributed by atoms with Crippen molar-refractivity contribution in [3.8, 4) is 11.5 Å². The molecule has 0 aromatic heterocycles. The van der Waals surface area contributed by atoms with Crippen molar-refractivity contribution in [2.75, 3.05) is 25.2 Å². The van der Waals surface area contributed by atoms with Crippen LogP contribution in [0, 0.1) is 0 Å². The predicted molar refractivity (Wildman–Crippen MR) is 53.5 cm³/mol. The Morgan fingerprint density at radius 2 is 2.07 bits per heavy atom. The van der Waals surface area contributed by atoms with Crippen molar-refractivity contribution in [2.24, 2.45) is 4.99 Å². The molecule has 0 aliphatic carbocycles. The zero-order chi connectivity index (χ0) is 9.38. The van der Waals surface area contributed by atoms with Gasteiger partial charge in [-0.25, -0.2) is 0 Å². The molecule has 0 radical (unpaired) electrons. The average molecular weight is 190 g/mol. The first-order chi connectivity index (χ1) is 6.93. The number of aliphatic imine (C=N–C) groups is 1. The van der Waals surface area contributed by atoms with Crippen LogP contribution in [0.4, 0.5) is 5.69 Å². The molecule has 0 spiro atoms. The minimum absolute atomic E-state index is 0.315. The predicted octanol–water partition coefficient (Wildman–Crippen LogP) is 1.26. The molecule has 0 bridgehead atoms. The van der Waals surface area contributed by atoms with E-state index in [4.69, 9.17) is 9.47 Å². The lowest BCUT2D eigenvalue weighted by atomic mass is 10.1. The summed E-state index contributed by atoms with van der Waals surface area (Å²) in [6.45, 7) is 1.99. The second kappa shape index (κ2) is 2.90. The van der Waals surface area contributed by atoms with Crippen molar-refractivity contribution in [3.05, 3.63) is 17.7 Å². The van der Waals surface area contributed by atoms with E-state index in [-0.39, 0.29) is 0 Å². The third kappa shape index (κ3) is 1.11. The molecule has 1 aromatic rings. The van der Waals surface area contributed by atoms with Crippen LogP contribution in [0.1, 0.15) is 5.56 Å². The monoisotopic (exact) mass is 190 g/mol. The highest BCUT2D eigenvalue weighted by molar-refractivity contribution is 5.90. The molecule has 0 atom stereocenters. The number of rotatable bonds is 0. The quantitative estimate of drug-likeness (QED) is 0.669. The van der Waals surface area contributed by atoms with Gasteiger partial charge < -0.3 is 14.8 Å². The van der Waals surface area contributed by atoms with Gasteiger partial charge in [0.1, 0.15) is 0 Å². The van der Waals surface area contributed by atoms with Crippen LogP contribution in [-0.4, -0.2) is 26.1 Å². The third-order valence-corrected chi connectivity index (χ3v) is 2.33. The Labute approximate surface area is 81.6 Å². The lowest BCUT2D eigenvalue weighted by Gasteiger charge is -2.06. The Balaban J connectivity index is 2.13. The first-order valence-corrected chi connectivity index (χ1v) is 4.61. The molecule has 14 heavy (non-hydrogen) atoms. The Bertz CT molecular complexity index is 401. The Hall–Kier alpha value is -1.71. The second-order valence-corrected chi connectivity index (χ2v) is 3.25. The van der Waals surface area contributed by atoms with Gasteiger partial charge in [0.05, 0.1) is 6.54 Å². The Morgan fingerprint density at radius 1 is 1.21 bits per heavy atom. The minimum atomic E-state index is 0.315. The molecule has 0 saturated heterocycles. The van der Waals surface area contributed by atoms with Crippen molar-refractivity contribution >= 4 is 11.9 Å². The number of anilines is 1. The second-order valence-electron chi connectivity index (χ2n) is 3.25. The van der Waals surface area contributed by atoms with E-state index in [1.807, 2.05) is 18.3 Å². The molecular weight excluding hydrogens is 180 g/mol. The number of ether oxygens (including phenoxy) is 2. The molecule has 2 aliphatic rings. The summed E-state index contributed by atoms with van der Waals surface area (Å²) in [5, 5.41) is 3.29. The summed E-state index contributed by atoms with van der Waals surface area (Å²) in [6, 6.07) is 3.93. The van der Waals surface area contributed by atoms with E-state index >= 15 is 0 Å². The molecule has 0 saturated carbocycles. The van der Waals surface area contributed by atoms with Crippen molar-refractivity contribution in [2.45, 2.75) is 0 Å². The molecule has 1 N–H and O–H groups in total. The van der Waals surface area contributed by atoms with Gasteiger partial charge in [0.25, 0.3) is 0 Å². The number of nitrogens with zero attached hydrogens (tertiary/aromatic N) is 1. The Morgan fingerprint density at radius 3 is 3.00 bits per heavy atom. The number of fused-ring (bicyclic) bond motifs is 2. The van der Waals surface area contributed by atoms with Gasteiger partial charge >= 0.3 is 0 Å². The fourth-order valence-corrected chi connectivity index (χ4v) is 1.64. The van der Waals surface area contributed by atoms with E-state index < -0.39 is 0 Å². The summed E-state index contributed by atoms with van der Waals surface area (Å²) >= 11 is 0. The van der Waals surface area contributed by atoms with Crippen molar-refractivity contribution in [3.63, 3.8) is 0 Å². The van der Waals surface area contributed by atoms with E-state index in [1.165, 1.54) is 0 Å². The number of nitrogens with one attached hydrogen (secondary N) is 1. The maximum atomic E-state index is 5.30. The van der Waals surface area contributed by atoms with Crippen LogP contribution in [0.25, 0.3) is 0 Å². The topological polar surface area (TPSA) is 42.9 Å². The van der Waals surface area contributed by atoms with Gasteiger partial charge in [-0.3, -0.25) is 4.99 Å². The van der Waals surface area contributed by atoms with E-state index in [0.717, 1.165) is 35.8 Å². The van der Waals surface area contributed by atoms with Crippen LogP contribution in [0.5, 0.6) is 11.5 Å².